The molecule has 0 aromatic carbocycles. The Bertz CT molecular complexity index is 353. The molecule has 122 valence electrons. The minimum Gasteiger partial charge on any atom is -0.375 e. The first-order valence-corrected chi connectivity index (χ1v) is 8.34. The van der Waals surface area contributed by atoms with Crippen molar-refractivity contribution < 1.29 is 9.53 Å². The molecule has 3 rings (SSSR count). The number of ether oxygens (including phenoxy) is 1. The normalized spacial score (nSPS) is 32.5. The number of rotatable bonds is 1. The number of nitrogens with one attached hydrogen (secondary N) is 1. The molecule has 0 bridgehead atoms. The number of hydrogen-bond acceptors (Lipinski definition) is 3. The number of hydrogen-bond donors (Lipinski definition) is 1. The maximum absolute atomic E-state index is 12.8. The van der Waals surface area contributed by atoms with Crippen molar-refractivity contribution in [2.75, 3.05) is 26.2 Å². The van der Waals surface area contributed by atoms with Crippen molar-refractivity contribution in [1.82, 2.24) is 10.2 Å². The Labute approximate surface area is 134 Å². The Morgan fingerprint density at radius 3 is 2.62 bits per heavy atom. The van der Waals surface area contributed by atoms with Crippen molar-refractivity contribution in [1.29, 1.82) is 0 Å². The SMILES string of the molecule is C[C@H]1OCCN[C@@H]1C(=O)N1CCCC2(CCCCC2)C1.Cl. The number of carbonyl (C=O) groups excluding carboxylic acids is 1. The highest BCUT2D eigenvalue weighted by Gasteiger charge is 2.40. The summed E-state index contributed by atoms with van der Waals surface area (Å²) in [5, 5.41) is 3.34. The molecule has 4 nitrogen and oxygen atoms in total. The summed E-state index contributed by atoms with van der Waals surface area (Å²) in [7, 11) is 0. The molecule has 21 heavy (non-hydrogen) atoms. The van der Waals surface area contributed by atoms with E-state index in [0.717, 1.165) is 26.2 Å². The van der Waals surface area contributed by atoms with Gasteiger partial charge in [0.1, 0.15) is 6.04 Å². The summed E-state index contributed by atoms with van der Waals surface area (Å²) in [6.45, 7) is 5.44. The molecule has 1 spiro atoms. The second-order valence-electron chi connectivity index (χ2n) is 6.93. The third-order valence-electron chi connectivity index (χ3n) is 5.47. The first-order valence-electron chi connectivity index (χ1n) is 8.34. The highest BCUT2D eigenvalue weighted by molar-refractivity contribution is 5.85. The molecule has 0 aromatic rings. The van der Waals surface area contributed by atoms with E-state index in [1.54, 1.807) is 0 Å². The second-order valence-corrected chi connectivity index (χ2v) is 6.93. The van der Waals surface area contributed by atoms with Crippen molar-refractivity contribution in [2.45, 2.75) is 64.0 Å². The zero-order valence-electron chi connectivity index (χ0n) is 13.1. The minimum atomic E-state index is -0.137. The standard InChI is InChI=1S/C16H28N2O2.ClH/c1-13-14(17-9-11-20-13)15(19)18-10-5-8-16(12-18)6-3-2-4-7-16;/h13-14,17H,2-12H2,1H3;1H/t13-,14+;/m1./s1. The molecule has 2 saturated heterocycles. The minimum absolute atomic E-state index is 0. The Morgan fingerprint density at radius 1 is 1.19 bits per heavy atom. The van der Waals surface area contributed by atoms with Gasteiger partial charge >= 0.3 is 0 Å². The number of carbonyl (C=O) groups is 1. The van der Waals surface area contributed by atoms with Crippen LogP contribution < -0.4 is 5.32 Å². The Hall–Kier alpha value is -0.320. The predicted octanol–water partition coefficient (Wildman–Crippen LogP) is 2.36. The van der Waals surface area contributed by atoms with Crippen LogP contribution in [-0.4, -0.2) is 49.2 Å². The zero-order chi connectivity index (χ0) is 14.0. The monoisotopic (exact) mass is 316 g/mol. The lowest BCUT2D eigenvalue weighted by Crippen LogP contribution is -2.59. The lowest BCUT2D eigenvalue weighted by Gasteiger charge is -2.46. The maximum atomic E-state index is 12.8. The van der Waals surface area contributed by atoms with Gasteiger partial charge < -0.3 is 15.0 Å². The lowest BCUT2D eigenvalue weighted by atomic mass is 9.69. The van der Waals surface area contributed by atoms with Gasteiger partial charge in [0.2, 0.25) is 5.91 Å². The van der Waals surface area contributed by atoms with Crippen LogP contribution in [0.2, 0.25) is 0 Å². The molecule has 2 heterocycles. The second kappa shape index (κ2) is 7.30. The summed E-state index contributed by atoms with van der Waals surface area (Å²) in [5.74, 6) is 0.266. The van der Waals surface area contributed by atoms with Crippen molar-refractivity contribution >= 4 is 18.3 Å². The summed E-state index contributed by atoms with van der Waals surface area (Å²) in [6, 6.07) is -0.137. The van der Waals surface area contributed by atoms with Gasteiger partial charge in [0.25, 0.3) is 0 Å². The zero-order valence-corrected chi connectivity index (χ0v) is 13.9. The largest absolute Gasteiger partial charge is 0.375 e. The highest BCUT2D eigenvalue weighted by Crippen LogP contribution is 2.43. The van der Waals surface area contributed by atoms with Crippen molar-refractivity contribution in [3.63, 3.8) is 0 Å². The van der Waals surface area contributed by atoms with Crippen molar-refractivity contribution in [3.05, 3.63) is 0 Å². The van der Waals surface area contributed by atoms with Crippen LogP contribution in [0.25, 0.3) is 0 Å². The molecule has 3 aliphatic rings. The van der Waals surface area contributed by atoms with Crippen LogP contribution in [0.4, 0.5) is 0 Å². The summed E-state index contributed by atoms with van der Waals surface area (Å²) in [6.07, 6.45) is 9.22. The molecule has 2 atom stereocenters. The van der Waals surface area contributed by atoms with Gasteiger partial charge in [-0.25, -0.2) is 0 Å². The van der Waals surface area contributed by atoms with E-state index in [9.17, 15) is 4.79 Å². The van der Waals surface area contributed by atoms with E-state index in [1.165, 1.54) is 44.9 Å². The van der Waals surface area contributed by atoms with Crippen molar-refractivity contribution in [3.8, 4) is 0 Å². The molecular weight excluding hydrogens is 288 g/mol. The third-order valence-corrected chi connectivity index (χ3v) is 5.47. The third kappa shape index (κ3) is 3.72. The molecular formula is C16H29ClN2O2. The lowest BCUT2D eigenvalue weighted by molar-refractivity contribution is -0.143. The van der Waals surface area contributed by atoms with E-state index in [-0.39, 0.29) is 30.5 Å². The summed E-state index contributed by atoms with van der Waals surface area (Å²) >= 11 is 0. The van der Waals surface area contributed by atoms with Gasteiger partial charge in [-0.15, -0.1) is 12.4 Å². The van der Waals surface area contributed by atoms with E-state index in [2.05, 4.69) is 10.2 Å². The van der Waals surface area contributed by atoms with E-state index < -0.39 is 0 Å². The fourth-order valence-electron chi connectivity index (χ4n) is 4.31. The van der Waals surface area contributed by atoms with Crippen LogP contribution >= 0.6 is 12.4 Å². The molecule has 1 saturated carbocycles. The van der Waals surface area contributed by atoms with E-state index >= 15 is 0 Å². The number of piperidine rings is 1. The molecule has 3 fully saturated rings. The van der Waals surface area contributed by atoms with Crippen LogP contribution in [0, 0.1) is 5.41 Å². The van der Waals surface area contributed by atoms with Crippen LogP contribution in [0.15, 0.2) is 0 Å². The smallest absolute Gasteiger partial charge is 0.242 e. The molecule has 2 aliphatic heterocycles. The average Bonchev–Trinajstić information content (AvgIpc) is 2.48. The van der Waals surface area contributed by atoms with Crippen LogP contribution in [0.1, 0.15) is 51.9 Å². The van der Waals surface area contributed by atoms with Gasteiger partial charge in [-0.1, -0.05) is 19.3 Å². The molecule has 1 N–H and O–H groups in total. The van der Waals surface area contributed by atoms with Gasteiger partial charge in [-0.05, 0) is 38.0 Å². The molecule has 0 radical (unpaired) electrons. The van der Waals surface area contributed by atoms with Crippen LogP contribution in [0.5, 0.6) is 0 Å². The Balaban J connectivity index is 0.00000161. The molecule has 1 aliphatic carbocycles. The van der Waals surface area contributed by atoms with E-state index in [1.807, 2.05) is 6.92 Å². The average molecular weight is 317 g/mol. The van der Waals surface area contributed by atoms with E-state index in [0.29, 0.717) is 5.41 Å². The first-order chi connectivity index (χ1) is 9.70. The molecule has 0 aromatic heterocycles. The molecule has 1 amide bonds. The van der Waals surface area contributed by atoms with Crippen LogP contribution in [0.3, 0.4) is 0 Å². The summed E-state index contributed by atoms with van der Waals surface area (Å²) < 4.78 is 5.63. The van der Waals surface area contributed by atoms with Gasteiger partial charge in [0, 0.05) is 19.6 Å². The highest BCUT2D eigenvalue weighted by atomic mass is 35.5. The number of nitrogens with zero attached hydrogens (tertiary/aromatic N) is 1. The number of morpholine rings is 1. The Kier molecular flexibility index (Phi) is 5.92. The summed E-state index contributed by atoms with van der Waals surface area (Å²) in [5.41, 5.74) is 0.435. The maximum Gasteiger partial charge on any atom is 0.242 e. The first kappa shape index (κ1) is 17.0. The van der Waals surface area contributed by atoms with Gasteiger partial charge in [0.15, 0.2) is 0 Å². The quantitative estimate of drug-likeness (QED) is 0.807. The fraction of sp³-hybridized carbons (Fsp3) is 0.938. The topological polar surface area (TPSA) is 41.6 Å². The van der Waals surface area contributed by atoms with Crippen LogP contribution in [-0.2, 0) is 9.53 Å². The van der Waals surface area contributed by atoms with Gasteiger partial charge in [-0.2, -0.15) is 0 Å². The molecule has 0 unspecified atom stereocenters. The predicted molar refractivity (Wildman–Crippen MR) is 85.8 cm³/mol. The van der Waals surface area contributed by atoms with Gasteiger partial charge in [-0.3, -0.25) is 4.79 Å². The summed E-state index contributed by atoms with van der Waals surface area (Å²) in [4.78, 5) is 14.9. The Morgan fingerprint density at radius 2 is 1.90 bits per heavy atom. The number of likely N-dealkylation sites (tertiary alicyclic amines) is 1. The fourth-order valence-corrected chi connectivity index (χ4v) is 4.31. The molecule has 5 heteroatoms. The van der Waals surface area contributed by atoms with E-state index in [4.69, 9.17) is 4.74 Å². The number of halogens is 1. The van der Waals surface area contributed by atoms with Gasteiger partial charge in [0.05, 0.1) is 12.7 Å². The van der Waals surface area contributed by atoms with Crippen molar-refractivity contribution in [2.24, 2.45) is 5.41 Å². The number of amides is 1.